The smallest absolute Gasteiger partial charge is 0.122 e. The average molecular weight is 225 g/mol. The first-order valence-electron chi connectivity index (χ1n) is 5.50. The summed E-state index contributed by atoms with van der Waals surface area (Å²) in [6.07, 6.45) is 6.54. The Morgan fingerprint density at radius 1 is 1.67 bits per heavy atom. The van der Waals surface area contributed by atoms with Crippen molar-refractivity contribution in [1.82, 2.24) is 14.9 Å². The fourth-order valence-electron chi connectivity index (χ4n) is 1.98. The third-order valence-electron chi connectivity index (χ3n) is 3.00. The van der Waals surface area contributed by atoms with E-state index in [-0.39, 0.29) is 0 Å². The fraction of sp³-hybridized carbons (Fsp3) is 0.727. The highest BCUT2D eigenvalue weighted by Gasteiger charge is 2.28. The molecule has 1 unspecified atom stereocenters. The second-order valence-corrected chi connectivity index (χ2v) is 6.14. The zero-order valence-corrected chi connectivity index (χ0v) is 10.3. The molecule has 1 aromatic rings. The lowest BCUT2D eigenvalue weighted by atomic mass is 10.1. The van der Waals surface area contributed by atoms with Crippen LogP contribution >= 0.6 is 11.8 Å². The lowest BCUT2D eigenvalue weighted by Gasteiger charge is -2.22. The Bertz CT molecular complexity index is 315. The summed E-state index contributed by atoms with van der Waals surface area (Å²) in [5, 5.41) is 3.51. The van der Waals surface area contributed by atoms with Crippen LogP contribution in [0.15, 0.2) is 12.4 Å². The van der Waals surface area contributed by atoms with Gasteiger partial charge in [0.05, 0.1) is 6.54 Å². The molecule has 0 amide bonds. The van der Waals surface area contributed by atoms with Crippen LogP contribution in [-0.4, -0.2) is 26.6 Å². The Labute approximate surface area is 95.7 Å². The molecule has 0 aliphatic carbocycles. The predicted molar refractivity (Wildman–Crippen MR) is 65.0 cm³/mol. The number of rotatable bonds is 4. The Kier molecular flexibility index (Phi) is 3.36. The van der Waals surface area contributed by atoms with Crippen molar-refractivity contribution < 1.29 is 0 Å². The highest BCUT2D eigenvalue weighted by atomic mass is 32.2. The highest BCUT2D eigenvalue weighted by Crippen LogP contribution is 2.36. The Balaban J connectivity index is 1.77. The van der Waals surface area contributed by atoms with Crippen molar-refractivity contribution >= 4 is 11.8 Å². The number of nitrogens with zero attached hydrogens (tertiary/aromatic N) is 2. The lowest BCUT2D eigenvalue weighted by Crippen LogP contribution is -2.33. The number of hydrogen-bond acceptors (Lipinski definition) is 3. The minimum absolute atomic E-state index is 0.450. The molecule has 1 aliphatic heterocycles. The molecule has 0 bridgehead atoms. The first-order valence-corrected chi connectivity index (χ1v) is 6.49. The van der Waals surface area contributed by atoms with Gasteiger partial charge in [0.1, 0.15) is 5.82 Å². The summed E-state index contributed by atoms with van der Waals surface area (Å²) in [4.78, 5) is 4.30. The van der Waals surface area contributed by atoms with Gasteiger partial charge in [-0.25, -0.2) is 4.98 Å². The fourth-order valence-corrected chi connectivity index (χ4v) is 3.26. The maximum absolute atomic E-state index is 4.30. The van der Waals surface area contributed by atoms with E-state index >= 15 is 0 Å². The largest absolute Gasteiger partial charge is 0.337 e. The van der Waals surface area contributed by atoms with Crippen molar-refractivity contribution in [2.45, 2.75) is 31.1 Å². The van der Waals surface area contributed by atoms with E-state index < -0.39 is 0 Å². The summed E-state index contributed by atoms with van der Waals surface area (Å²) in [5.74, 6) is 2.43. The summed E-state index contributed by atoms with van der Waals surface area (Å²) < 4.78 is 2.52. The summed E-state index contributed by atoms with van der Waals surface area (Å²) in [6.45, 7) is 4.32. The van der Waals surface area contributed by atoms with Crippen LogP contribution < -0.4 is 5.32 Å². The topological polar surface area (TPSA) is 29.9 Å². The number of thioether (sulfide) groups is 1. The van der Waals surface area contributed by atoms with Crippen molar-refractivity contribution in [3.63, 3.8) is 0 Å². The third kappa shape index (κ3) is 2.75. The van der Waals surface area contributed by atoms with Crippen LogP contribution in [0.3, 0.4) is 0 Å². The van der Waals surface area contributed by atoms with Gasteiger partial charge in [-0.3, -0.25) is 0 Å². The van der Waals surface area contributed by atoms with E-state index in [0.717, 1.165) is 18.9 Å². The van der Waals surface area contributed by atoms with Gasteiger partial charge < -0.3 is 9.88 Å². The molecule has 0 spiro atoms. The molecule has 1 saturated heterocycles. The molecule has 2 heterocycles. The van der Waals surface area contributed by atoms with Crippen LogP contribution in [-0.2, 0) is 13.6 Å². The van der Waals surface area contributed by atoms with Crippen LogP contribution in [0.25, 0.3) is 0 Å². The van der Waals surface area contributed by atoms with Gasteiger partial charge in [0.25, 0.3) is 0 Å². The molecule has 2 rings (SSSR count). The van der Waals surface area contributed by atoms with Gasteiger partial charge in [-0.15, -0.1) is 0 Å². The standard InChI is InChI=1S/C11H19N3S/c1-11(4-3-7-15-11)9-12-8-10-13-5-6-14(10)2/h5-6,12H,3-4,7-9H2,1-2H3. The molecule has 1 N–H and O–H groups in total. The Morgan fingerprint density at radius 2 is 2.53 bits per heavy atom. The van der Waals surface area contributed by atoms with Gasteiger partial charge in [-0.2, -0.15) is 11.8 Å². The quantitative estimate of drug-likeness (QED) is 0.847. The summed E-state index contributed by atoms with van der Waals surface area (Å²) >= 11 is 2.10. The zero-order chi connectivity index (χ0) is 10.7. The number of hydrogen-bond donors (Lipinski definition) is 1. The second-order valence-electron chi connectivity index (χ2n) is 4.46. The van der Waals surface area contributed by atoms with Crippen LogP contribution in [0.5, 0.6) is 0 Å². The van der Waals surface area contributed by atoms with E-state index in [1.165, 1.54) is 18.6 Å². The van der Waals surface area contributed by atoms with E-state index in [2.05, 4.69) is 33.6 Å². The number of nitrogens with one attached hydrogen (secondary N) is 1. The molecule has 4 heteroatoms. The second kappa shape index (κ2) is 4.58. The van der Waals surface area contributed by atoms with E-state index in [9.17, 15) is 0 Å². The van der Waals surface area contributed by atoms with Gasteiger partial charge in [0.2, 0.25) is 0 Å². The number of aryl methyl sites for hydroxylation is 1. The predicted octanol–water partition coefficient (Wildman–Crippen LogP) is 1.80. The molecular formula is C11H19N3S. The molecule has 0 saturated carbocycles. The van der Waals surface area contributed by atoms with Crippen molar-refractivity contribution in [2.24, 2.45) is 7.05 Å². The van der Waals surface area contributed by atoms with Gasteiger partial charge in [-0.1, -0.05) is 0 Å². The maximum atomic E-state index is 4.30. The summed E-state index contributed by atoms with van der Waals surface area (Å²) in [5.41, 5.74) is 0. The average Bonchev–Trinajstić information content (AvgIpc) is 2.78. The van der Waals surface area contributed by atoms with Gasteiger partial charge in [-0.05, 0) is 25.5 Å². The molecular weight excluding hydrogens is 206 g/mol. The van der Waals surface area contributed by atoms with E-state index in [4.69, 9.17) is 0 Å². The first-order chi connectivity index (χ1) is 7.20. The third-order valence-corrected chi connectivity index (χ3v) is 4.54. The molecule has 84 valence electrons. The highest BCUT2D eigenvalue weighted by molar-refractivity contribution is 8.00. The van der Waals surface area contributed by atoms with Crippen molar-refractivity contribution in [1.29, 1.82) is 0 Å². The van der Waals surface area contributed by atoms with E-state index in [1.54, 1.807) is 0 Å². The normalized spacial score (nSPS) is 26.0. The SMILES string of the molecule is Cn1ccnc1CNCC1(C)CCCS1. The number of aromatic nitrogens is 2. The molecule has 3 nitrogen and oxygen atoms in total. The van der Waals surface area contributed by atoms with Crippen molar-refractivity contribution in [3.8, 4) is 0 Å². The lowest BCUT2D eigenvalue weighted by molar-refractivity contribution is 0.525. The zero-order valence-electron chi connectivity index (χ0n) is 9.49. The van der Waals surface area contributed by atoms with Gasteiger partial charge in [0.15, 0.2) is 0 Å². The minimum atomic E-state index is 0.450. The number of imidazole rings is 1. The molecule has 0 aromatic carbocycles. The van der Waals surface area contributed by atoms with Crippen LogP contribution in [0.4, 0.5) is 0 Å². The van der Waals surface area contributed by atoms with Crippen LogP contribution in [0.2, 0.25) is 0 Å². The van der Waals surface area contributed by atoms with E-state index in [1.807, 2.05) is 19.4 Å². The van der Waals surface area contributed by atoms with Crippen LogP contribution in [0, 0.1) is 0 Å². The summed E-state index contributed by atoms with van der Waals surface area (Å²) in [6, 6.07) is 0. The van der Waals surface area contributed by atoms with Crippen LogP contribution in [0.1, 0.15) is 25.6 Å². The molecule has 0 radical (unpaired) electrons. The molecule has 1 fully saturated rings. The Morgan fingerprint density at radius 3 is 3.13 bits per heavy atom. The van der Waals surface area contributed by atoms with Gasteiger partial charge >= 0.3 is 0 Å². The summed E-state index contributed by atoms with van der Waals surface area (Å²) in [7, 11) is 2.04. The molecule has 1 aromatic heterocycles. The Hall–Kier alpha value is -0.480. The first kappa shape index (κ1) is 11.0. The van der Waals surface area contributed by atoms with Crippen molar-refractivity contribution in [3.05, 3.63) is 18.2 Å². The maximum Gasteiger partial charge on any atom is 0.122 e. The van der Waals surface area contributed by atoms with Crippen molar-refractivity contribution in [2.75, 3.05) is 12.3 Å². The molecule has 1 atom stereocenters. The van der Waals surface area contributed by atoms with Gasteiger partial charge in [0, 0.05) is 30.7 Å². The molecule has 15 heavy (non-hydrogen) atoms. The molecule has 1 aliphatic rings. The minimum Gasteiger partial charge on any atom is -0.337 e. The monoisotopic (exact) mass is 225 g/mol. The van der Waals surface area contributed by atoms with E-state index in [0.29, 0.717) is 4.75 Å².